The Balaban J connectivity index is 0.590. The van der Waals surface area contributed by atoms with Crippen LogP contribution in [0.25, 0.3) is 0 Å². The predicted molar refractivity (Wildman–Crippen MR) is 309 cm³/mol. The van der Waals surface area contributed by atoms with E-state index < -0.39 is 25.6 Å². The summed E-state index contributed by atoms with van der Waals surface area (Å²) in [6, 6.07) is 30.5. The molecule has 81 heavy (non-hydrogen) atoms. The van der Waals surface area contributed by atoms with E-state index in [2.05, 4.69) is 66.3 Å². The molecule has 444 valence electrons. The summed E-state index contributed by atoms with van der Waals surface area (Å²) >= 11 is 0. The molecule has 0 spiro atoms. The summed E-state index contributed by atoms with van der Waals surface area (Å²) in [5.74, 6) is 0.919. The van der Waals surface area contributed by atoms with Gasteiger partial charge < -0.3 is 44.8 Å². The second-order valence-corrected chi connectivity index (χ2v) is 25.3. The number of nitrogens with two attached hydrogens (primary N) is 1. The van der Waals surface area contributed by atoms with Crippen LogP contribution in [0, 0.1) is 0 Å². The first-order valence-electron chi connectivity index (χ1n) is 29.0. The van der Waals surface area contributed by atoms with Crippen LogP contribution in [0.5, 0.6) is 11.5 Å². The lowest BCUT2D eigenvalue weighted by atomic mass is 9.91. The number of ether oxygens (including phenoxy) is 6. The average Bonchev–Trinajstić information content (AvgIpc) is 4.22. The Kier molecular flexibility index (Phi) is 23.8. The highest BCUT2D eigenvalue weighted by Crippen LogP contribution is 2.41. The van der Waals surface area contributed by atoms with Gasteiger partial charge >= 0.3 is 0 Å². The highest BCUT2D eigenvalue weighted by Gasteiger charge is 2.40. The van der Waals surface area contributed by atoms with Crippen LogP contribution >= 0.6 is 0 Å². The molecule has 6 N–H and O–H groups in total. The number of piperidine rings is 2. The van der Waals surface area contributed by atoms with Gasteiger partial charge in [0.15, 0.2) is 0 Å². The minimum absolute atomic E-state index is 0.0927. The van der Waals surface area contributed by atoms with Gasteiger partial charge in [-0.1, -0.05) is 61.4 Å². The summed E-state index contributed by atoms with van der Waals surface area (Å²) in [7, 11) is -7.50. The fourth-order valence-corrected chi connectivity index (χ4v) is 13.1. The number of fused-ring (bicyclic) bond motifs is 2. The van der Waals surface area contributed by atoms with Crippen molar-refractivity contribution < 1.29 is 54.8 Å². The van der Waals surface area contributed by atoms with Gasteiger partial charge in [-0.05, 0) is 155 Å². The van der Waals surface area contributed by atoms with Gasteiger partial charge in [0.25, 0.3) is 0 Å². The molecule has 2 aliphatic heterocycles. The van der Waals surface area contributed by atoms with Crippen molar-refractivity contribution in [3.63, 3.8) is 0 Å². The summed E-state index contributed by atoms with van der Waals surface area (Å²) < 4.78 is 92.5. The predicted octanol–water partition coefficient (Wildman–Crippen LogP) is 5.58. The molecule has 21 heteroatoms. The lowest BCUT2D eigenvalue weighted by molar-refractivity contribution is -0.121. The van der Waals surface area contributed by atoms with Crippen LogP contribution in [0.1, 0.15) is 106 Å². The molecule has 0 radical (unpaired) electrons. The van der Waals surface area contributed by atoms with E-state index in [0.29, 0.717) is 37.4 Å². The standard InChI is InChI=1S/C60H85N7O12S2/c1-60(61,26-24-56(68)62-28-36-74-40-42-76-38-30-64-80(70,71)50-20-16-48(17-21-50)78-58-52-14-6-4-12-46(52)44-54(58)66-32-8-2-9-33-66)27-25-57(69)63-29-37-75-41-43-77-39-31-65-81(72,73)51-22-18-49(19-23-51)79-59-53-15-7-5-13-47(53)45-55(59)67-34-10-3-11-35-67/h4-7,12-23,54-55,58-59,64-65H,2-3,8-11,24-45,61H2,1H3,(H,62,68)(H,63,69)/t54-,55-,58-,59-/m0/s1. The number of likely N-dealkylation sites (tertiary alicyclic amines) is 2. The molecule has 4 aromatic carbocycles. The number of carbonyl (C=O) groups is 2. The monoisotopic (exact) mass is 1160 g/mol. The Morgan fingerprint density at radius 3 is 1.25 bits per heavy atom. The van der Waals surface area contributed by atoms with Crippen LogP contribution in [0.4, 0.5) is 0 Å². The molecule has 19 nitrogen and oxygen atoms in total. The summed E-state index contributed by atoms with van der Waals surface area (Å²) in [6.07, 6.45) is 10.1. The smallest absolute Gasteiger partial charge is 0.240 e. The van der Waals surface area contributed by atoms with Crippen molar-refractivity contribution in [3.8, 4) is 11.5 Å². The normalized spacial score (nSPS) is 19.7. The number of hydrogen-bond acceptors (Lipinski definition) is 15. The van der Waals surface area contributed by atoms with Gasteiger partial charge in [-0.15, -0.1) is 0 Å². The zero-order chi connectivity index (χ0) is 56.9. The second kappa shape index (κ2) is 31.0. The zero-order valence-electron chi connectivity index (χ0n) is 47.0. The molecule has 2 fully saturated rings. The maximum atomic E-state index is 13.0. The summed E-state index contributed by atoms with van der Waals surface area (Å²) in [4.78, 5) is 30.3. The van der Waals surface area contributed by atoms with Crippen LogP contribution < -0.4 is 35.3 Å². The molecule has 4 aliphatic rings. The third kappa shape index (κ3) is 19.0. The number of nitrogens with zero attached hydrogens (tertiary/aromatic N) is 2. The fraction of sp³-hybridized carbons (Fsp3) is 0.567. The van der Waals surface area contributed by atoms with Gasteiger partial charge in [-0.25, -0.2) is 26.3 Å². The number of nitrogens with one attached hydrogen (secondary N) is 4. The Morgan fingerprint density at radius 1 is 0.506 bits per heavy atom. The Labute approximate surface area is 479 Å². The number of amides is 2. The highest BCUT2D eigenvalue weighted by atomic mass is 32.2. The quantitative estimate of drug-likeness (QED) is 0.0359. The maximum absolute atomic E-state index is 13.0. The molecule has 2 aliphatic carbocycles. The van der Waals surface area contributed by atoms with Crippen molar-refractivity contribution in [2.45, 2.75) is 124 Å². The van der Waals surface area contributed by atoms with Gasteiger partial charge in [0, 0.05) is 44.6 Å². The van der Waals surface area contributed by atoms with Crippen LogP contribution in [0.15, 0.2) is 107 Å². The van der Waals surface area contributed by atoms with Crippen molar-refractivity contribution in [2.75, 3.05) is 105 Å². The van der Waals surface area contributed by atoms with Crippen molar-refractivity contribution in [1.29, 1.82) is 0 Å². The maximum Gasteiger partial charge on any atom is 0.240 e. The Bertz CT molecular complexity index is 2630. The molecular weight excluding hydrogens is 1070 g/mol. The first-order chi connectivity index (χ1) is 39.2. The van der Waals surface area contributed by atoms with E-state index in [1.54, 1.807) is 48.5 Å². The molecular formula is C60H85N7O12S2. The van der Waals surface area contributed by atoms with E-state index in [9.17, 15) is 26.4 Å². The number of hydrogen-bond donors (Lipinski definition) is 5. The van der Waals surface area contributed by atoms with E-state index in [1.807, 2.05) is 19.1 Å². The topological polar surface area (TPSA) is 238 Å². The minimum atomic E-state index is -3.75. The zero-order valence-corrected chi connectivity index (χ0v) is 48.7. The molecule has 0 aromatic heterocycles. The summed E-state index contributed by atoms with van der Waals surface area (Å²) in [5, 5.41) is 5.63. The van der Waals surface area contributed by atoms with Crippen molar-refractivity contribution in [3.05, 3.63) is 119 Å². The largest absolute Gasteiger partial charge is 0.484 e. The van der Waals surface area contributed by atoms with Crippen molar-refractivity contribution in [2.24, 2.45) is 5.73 Å². The van der Waals surface area contributed by atoms with Gasteiger partial charge in [-0.2, -0.15) is 0 Å². The fourth-order valence-electron chi connectivity index (χ4n) is 11.1. The van der Waals surface area contributed by atoms with Crippen LogP contribution in [-0.4, -0.2) is 161 Å². The van der Waals surface area contributed by atoms with Gasteiger partial charge in [0.1, 0.15) is 23.7 Å². The molecule has 0 unspecified atom stereocenters. The highest BCUT2D eigenvalue weighted by molar-refractivity contribution is 7.89. The second-order valence-electron chi connectivity index (χ2n) is 21.8. The molecule has 2 amide bonds. The molecule has 0 saturated carbocycles. The molecule has 4 aromatic rings. The molecule has 0 bridgehead atoms. The number of rotatable bonds is 34. The third-order valence-corrected chi connectivity index (χ3v) is 18.6. The molecule has 8 rings (SSSR count). The van der Waals surface area contributed by atoms with Crippen LogP contribution in [0.3, 0.4) is 0 Å². The summed E-state index contributed by atoms with van der Waals surface area (Å²) in [5.41, 5.74) is 10.7. The Hall–Kier alpha value is -5.04. The van der Waals surface area contributed by atoms with Crippen molar-refractivity contribution >= 4 is 31.9 Å². The average molecular weight is 1160 g/mol. The van der Waals surface area contributed by atoms with E-state index in [1.165, 1.54) is 60.8 Å². The SMILES string of the molecule is CC(N)(CCC(=O)NCCOCCOCCNS(=O)(=O)c1ccc(O[C@H]2c3ccccc3C[C@@H]2N2CCCCC2)cc1)CCC(=O)NCCOCCOCCNS(=O)(=O)c1ccc(O[C@H]2c3ccccc3C[C@@H]2N2CCCCC2)cc1. The number of benzene rings is 4. The lowest BCUT2D eigenvalue weighted by Gasteiger charge is -2.35. The van der Waals surface area contributed by atoms with E-state index in [4.69, 9.17) is 34.2 Å². The first-order valence-corrected chi connectivity index (χ1v) is 32.0. The minimum Gasteiger partial charge on any atom is -0.484 e. The van der Waals surface area contributed by atoms with Crippen molar-refractivity contribution in [1.82, 2.24) is 29.9 Å². The molecule has 2 saturated heterocycles. The molecule has 4 atom stereocenters. The number of sulfonamides is 2. The van der Waals surface area contributed by atoms with Crippen LogP contribution in [-0.2, 0) is 61.4 Å². The van der Waals surface area contributed by atoms with Crippen LogP contribution in [0.2, 0.25) is 0 Å². The molecule has 2 heterocycles. The lowest BCUT2D eigenvalue weighted by Crippen LogP contribution is -2.43. The van der Waals surface area contributed by atoms with Gasteiger partial charge in [-0.3, -0.25) is 19.4 Å². The Morgan fingerprint density at radius 2 is 0.864 bits per heavy atom. The number of carbonyl (C=O) groups excluding carboxylic acids is 2. The van der Waals surface area contributed by atoms with E-state index in [0.717, 1.165) is 39.0 Å². The van der Waals surface area contributed by atoms with Gasteiger partial charge in [0.05, 0.1) is 74.7 Å². The van der Waals surface area contributed by atoms with Gasteiger partial charge in [0.2, 0.25) is 31.9 Å². The summed E-state index contributed by atoms with van der Waals surface area (Å²) in [6.45, 7) is 8.81. The third-order valence-electron chi connectivity index (χ3n) is 15.6. The van der Waals surface area contributed by atoms with E-state index in [-0.39, 0.29) is 125 Å². The van der Waals surface area contributed by atoms with E-state index >= 15 is 0 Å². The first kappa shape index (κ1) is 62.0.